The van der Waals surface area contributed by atoms with E-state index in [1.807, 2.05) is 53.8 Å². The van der Waals surface area contributed by atoms with E-state index in [1.165, 1.54) is 10.4 Å². The number of fused-ring (bicyclic) bond motifs is 2. The summed E-state index contributed by atoms with van der Waals surface area (Å²) in [5.41, 5.74) is 4.13. The number of para-hydroxylation sites is 3. The Kier molecular flexibility index (Phi) is 5.85. The molecule has 0 spiro atoms. The van der Waals surface area contributed by atoms with Crippen LogP contribution in [0, 0.1) is 0 Å². The molecule has 2 amide bonds. The molecule has 4 aromatic rings. The van der Waals surface area contributed by atoms with Gasteiger partial charge in [-0.2, -0.15) is 0 Å². The highest BCUT2D eigenvalue weighted by atomic mass is 32.1. The van der Waals surface area contributed by atoms with Crippen LogP contribution in [0.1, 0.15) is 10.4 Å². The molecule has 0 saturated heterocycles. The summed E-state index contributed by atoms with van der Waals surface area (Å²) < 4.78 is 0. The summed E-state index contributed by atoms with van der Waals surface area (Å²) in [6.07, 6.45) is 2.58. The fraction of sp³-hybridized carbons (Fsp3) is 0.208. The quantitative estimate of drug-likeness (QED) is 0.382. The van der Waals surface area contributed by atoms with Crippen LogP contribution in [0.5, 0.6) is 0 Å². The number of anilines is 3. The Morgan fingerprint density at radius 3 is 2.88 bits per heavy atom. The van der Waals surface area contributed by atoms with Crippen LogP contribution in [-0.2, 0) is 13.0 Å². The van der Waals surface area contributed by atoms with Crippen molar-refractivity contribution in [2.75, 3.05) is 35.2 Å². The maximum Gasteiger partial charge on any atom is 0.319 e. The van der Waals surface area contributed by atoms with Crippen LogP contribution in [-0.4, -0.2) is 35.6 Å². The molecule has 0 atom stereocenters. The average Bonchev–Trinajstić information content (AvgIpc) is 3.30. The highest BCUT2D eigenvalue weighted by molar-refractivity contribution is 7.10. The second kappa shape index (κ2) is 9.23. The number of hydrogen-bond acceptors (Lipinski definition) is 6. The molecule has 1 aliphatic rings. The molecule has 3 heterocycles. The van der Waals surface area contributed by atoms with Gasteiger partial charge in [0.25, 0.3) is 0 Å². The predicted molar refractivity (Wildman–Crippen MR) is 131 cm³/mol. The van der Waals surface area contributed by atoms with E-state index in [4.69, 9.17) is 0 Å². The summed E-state index contributed by atoms with van der Waals surface area (Å²) in [5, 5.41) is 12.3. The van der Waals surface area contributed by atoms with Crippen LogP contribution in [0.4, 0.5) is 22.0 Å². The molecule has 0 saturated carbocycles. The van der Waals surface area contributed by atoms with Crippen molar-refractivity contribution in [3.63, 3.8) is 0 Å². The number of benzene rings is 2. The zero-order valence-corrected chi connectivity index (χ0v) is 18.4. The molecular weight excluding hydrogens is 420 g/mol. The molecule has 1 aliphatic heterocycles. The smallest absolute Gasteiger partial charge is 0.319 e. The average molecular weight is 445 g/mol. The zero-order valence-electron chi connectivity index (χ0n) is 17.5. The zero-order chi connectivity index (χ0) is 21.8. The molecule has 0 radical (unpaired) electrons. The van der Waals surface area contributed by atoms with E-state index in [-0.39, 0.29) is 6.03 Å². The topological polar surface area (TPSA) is 82.2 Å². The van der Waals surface area contributed by atoms with E-state index >= 15 is 0 Å². The van der Waals surface area contributed by atoms with Gasteiger partial charge in [0, 0.05) is 36.4 Å². The van der Waals surface area contributed by atoms with Crippen LogP contribution in [0.2, 0.25) is 0 Å². The molecule has 0 aliphatic carbocycles. The van der Waals surface area contributed by atoms with Gasteiger partial charge in [0.1, 0.15) is 12.1 Å². The lowest BCUT2D eigenvalue weighted by Gasteiger charge is -2.30. The largest absolute Gasteiger partial charge is 0.368 e. The van der Waals surface area contributed by atoms with Gasteiger partial charge in [0.05, 0.1) is 16.9 Å². The highest BCUT2D eigenvalue weighted by Gasteiger charge is 2.20. The second-order valence-corrected chi connectivity index (χ2v) is 8.61. The van der Waals surface area contributed by atoms with Gasteiger partial charge in [-0.1, -0.05) is 24.3 Å². The molecule has 0 fully saturated rings. The number of rotatable bonds is 6. The molecule has 0 unspecified atom stereocenters. The first-order valence-electron chi connectivity index (χ1n) is 10.7. The van der Waals surface area contributed by atoms with Gasteiger partial charge >= 0.3 is 6.03 Å². The molecule has 162 valence electrons. The van der Waals surface area contributed by atoms with Crippen molar-refractivity contribution in [1.82, 2.24) is 15.3 Å². The summed E-state index contributed by atoms with van der Waals surface area (Å²) in [6.45, 7) is 2.85. The minimum absolute atomic E-state index is 0.222. The van der Waals surface area contributed by atoms with Gasteiger partial charge < -0.3 is 20.9 Å². The standard InChI is InChI=1S/C24H24N6OS/c31-24(26-12-11-25-23-18-5-1-2-6-19(18)27-16-28-23)29-20-7-3-4-8-21(20)30-13-9-22-17(15-30)10-14-32-22/h1-8,10,14,16H,9,11-13,15H2,(H,25,27,28)(H2,26,29,31). The van der Waals surface area contributed by atoms with Crippen molar-refractivity contribution < 1.29 is 4.79 Å². The summed E-state index contributed by atoms with van der Waals surface area (Å²) in [5.74, 6) is 0.765. The molecule has 3 N–H and O–H groups in total. The summed E-state index contributed by atoms with van der Waals surface area (Å²) in [6, 6.07) is 17.8. The fourth-order valence-corrected chi connectivity index (χ4v) is 4.87. The van der Waals surface area contributed by atoms with Crippen molar-refractivity contribution in [1.29, 1.82) is 0 Å². The molecular formula is C24H24N6OS. The lowest BCUT2D eigenvalue weighted by atomic mass is 10.1. The van der Waals surface area contributed by atoms with Crippen LogP contribution in [0.25, 0.3) is 10.9 Å². The third-order valence-corrected chi connectivity index (χ3v) is 6.57. The van der Waals surface area contributed by atoms with Gasteiger partial charge in [-0.15, -0.1) is 11.3 Å². The van der Waals surface area contributed by atoms with Crippen molar-refractivity contribution in [2.24, 2.45) is 0 Å². The maximum atomic E-state index is 12.5. The highest BCUT2D eigenvalue weighted by Crippen LogP contribution is 2.32. The van der Waals surface area contributed by atoms with E-state index < -0.39 is 0 Å². The number of thiophene rings is 1. The molecule has 2 aromatic carbocycles. The monoisotopic (exact) mass is 444 g/mol. The number of hydrogen-bond donors (Lipinski definition) is 3. The minimum Gasteiger partial charge on any atom is -0.368 e. The first-order valence-corrected chi connectivity index (χ1v) is 11.5. The van der Waals surface area contributed by atoms with Crippen LogP contribution >= 0.6 is 11.3 Å². The number of nitrogens with zero attached hydrogens (tertiary/aromatic N) is 3. The second-order valence-electron chi connectivity index (χ2n) is 7.60. The Labute approximate surface area is 190 Å². The van der Waals surface area contributed by atoms with E-state index in [1.54, 1.807) is 6.33 Å². The summed E-state index contributed by atoms with van der Waals surface area (Å²) in [7, 11) is 0. The number of carbonyl (C=O) groups is 1. The molecule has 0 bridgehead atoms. The van der Waals surface area contributed by atoms with Gasteiger partial charge in [0.15, 0.2) is 0 Å². The lowest BCUT2D eigenvalue weighted by Crippen LogP contribution is -2.34. The van der Waals surface area contributed by atoms with Crippen molar-refractivity contribution >= 4 is 45.5 Å². The van der Waals surface area contributed by atoms with E-state index in [9.17, 15) is 4.79 Å². The molecule has 7 nitrogen and oxygen atoms in total. The summed E-state index contributed by atoms with van der Waals surface area (Å²) >= 11 is 1.83. The Bertz CT molecular complexity index is 1230. The first kappa shape index (κ1) is 20.3. The Morgan fingerprint density at radius 2 is 1.91 bits per heavy atom. The van der Waals surface area contributed by atoms with E-state index in [0.29, 0.717) is 13.1 Å². The van der Waals surface area contributed by atoms with Crippen LogP contribution < -0.4 is 20.9 Å². The Hall–Kier alpha value is -3.65. The number of carbonyl (C=O) groups excluding carboxylic acids is 1. The van der Waals surface area contributed by atoms with Gasteiger partial charge in [-0.05, 0) is 47.7 Å². The maximum absolute atomic E-state index is 12.5. The van der Waals surface area contributed by atoms with Gasteiger partial charge in [-0.25, -0.2) is 14.8 Å². The van der Waals surface area contributed by atoms with Crippen molar-refractivity contribution in [2.45, 2.75) is 13.0 Å². The number of urea groups is 1. The lowest BCUT2D eigenvalue weighted by molar-refractivity contribution is 0.252. The van der Waals surface area contributed by atoms with Gasteiger partial charge in [-0.3, -0.25) is 0 Å². The van der Waals surface area contributed by atoms with Gasteiger partial charge in [0.2, 0.25) is 0 Å². The summed E-state index contributed by atoms with van der Waals surface area (Å²) in [4.78, 5) is 24.9. The fourth-order valence-electron chi connectivity index (χ4n) is 3.98. The van der Waals surface area contributed by atoms with Crippen LogP contribution in [0.15, 0.2) is 66.3 Å². The first-order chi connectivity index (χ1) is 15.8. The predicted octanol–water partition coefficient (Wildman–Crippen LogP) is 4.49. The number of amides is 2. The molecule has 32 heavy (non-hydrogen) atoms. The molecule has 2 aromatic heterocycles. The SMILES string of the molecule is O=C(NCCNc1ncnc2ccccc12)Nc1ccccc1N1CCc2sccc2C1. The molecule has 5 rings (SSSR count). The minimum atomic E-state index is -0.222. The third-order valence-electron chi connectivity index (χ3n) is 5.55. The number of aromatic nitrogens is 2. The van der Waals surface area contributed by atoms with Crippen LogP contribution in [0.3, 0.4) is 0 Å². The van der Waals surface area contributed by atoms with Crippen molar-refractivity contribution in [3.8, 4) is 0 Å². The van der Waals surface area contributed by atoms with E-state index in [0.717, 1.165) is 47.6 Å². The Morgan fingerprint density at radius 1 is 1.03 bits per heavy atom. The third kappa shape index (κ3) is 4.36. The molecule has 8 heteroatoms. The van der Waals surface area contributed by atoms with E-state index in [2.05, 4.69) is 48.3 Å². The Balaban J connectivity index is 1.17. The van der Waals surface area contributed by atoms with Crippen molar-refractivity contribution in [3.05, 3.63) is 76.7 Å². The normalized spacial score (nSPS) is 12.9. The number of nitrogens with one attached hydrogen (secondary N) is 3.